The van der Waals surface area contributed by atoms with Gasteiger partial charge in [-0.15, -0.1) is 11.3 Å². The lowest BCUT2D eigenvalue weighted by molar-refractivity contribution is -0.116. The minimum atomic E-state index is -0.494. The Hall–Kier alpha value is -2.67. The van der Waals surface area contributed by atoms with Gasteiger partial charge in [0, 0.05) is 12.7 Å². The topological polar surface area (TPSA) is 73.1 Å². The number of nitrogens with zero attached hydrogens (tertiary/aromatic N) is 2. The molecular weight excluding hydrogens is 350 g/mol. The van der Waals surface area contributed by atoms with Crippen LogP contribution < -0.4 is 16.6 Å². The summed E-state index contributed by atoms with van der Waals surface area (Å²) in [4.78, 5) is 36.9. The van der Waals surface area contributed by atoms with Crippen LogP contribution in [0.4, 0.5) is 5.69 Å². The van der Waals surface area contributed by atoms with E-state index in [0.29, 0.717) is 15.9 Å². The third-order valence-corrected chi connectivity index (χ3v) is 5.20. The largest absolute Gasteiger partial charge is 0.331 e. The molecule has 0 saturated heterocycles. The lowest BCUT2D eigenvalue weighted by atomic mass is 10.1. The molecule has 7 heteroatoms. The van der Waals surface area contributed by atoms with E-state index in [-0.39, 0.29) is 18.0 Å². The second kappa shape index (κ2) is 7.70. The van der Waals surface area contributed by atoms with Crippen molar-refractivity contribution in [2.75, 3.05) is 5.32 Å². The summed E-state index contributed by atoms with van der Waals surface area (Å²) in [7, 11) is 1.42. The van der Waals surface area contributed by atoms with Crippen LogP contribution in [0.25, 0.3) is 10.2 Å². The van der Waals surface area contributed by atoms with Crippen LogP contribution >= 0.6 is 11.3 Å². The Morgan fingerprint density at radius 1 is 1.15 bits per heavy atom. The second-order valence-corrected chi connectivity index (χ2v) is 7.13. The predicted molar refractivity (Wildman–Crippen MR) is 105 cm³/mol. The Morgan fingerprint density at radius 3 is 2.58 bits per heavy atom. The van der Waals surface area contributed by atoms with Gasteiger partial charge in [-0.1, -0.05) is 25.5 Å². The number of thiophene rings is 1. The highest BCUT2D eigenvalue weighted by molar-refractivity contribution is 7.17. The normalized spacial score (nSPS) is 11.0. The third-order valence-electron chi connectivity index (χ3n) is 4.31. The van der Waals surface area contributed by atoms with E-state index in [0.717, 1.165) is 23.8 Å². The Bertz CT molecular complexity index is 1040. The highest BCUT2D eigenvalue weighted by Gasteiger charge is 2.14. The first-order chi connectivity index (χ1) is 12.5. The number of aryl methyl sites for hydroxylation is 1. The molecule has 26 heavy (non-hydrogen) atoms. The number of amides is 1. The molecule has 3 rings (SSSR count). The first kappa shape index (κ1) is 18.1. The van der Waals surface area contributed by atoms with E-state index in [1.165, 1.54) is 28.5 Å². The molecule has 0 aliphatic rings. The van der Waals surface area contributed by atoms with Crippen molar-refractivity contribution in [3.05, 3.63) is 62.1 Å². The van der Waals surface area contributed by atoms with Crippen LogP contribution in [-0.2, 0) is 24.8 Å². The number of unbranched alkanes of at least 4 members (excludes halogenated alkanes) is 1. The van der Waals surface area contributed by atoms with Crippen LogP contribution in [0, 0.1) is 0 Å². The molecule has 0 saturated carbocycles. The number of benzene rings is 1. The van der Waals surface area contributed by atoms with Gasteiger partial charge in [-0.3, -0.25) is 18.7 Å². The van der Waals surface area contributed by atoms with Gasteiger partial charge in [0.05, 0.1) is 5.52 Å². The van der Waals surface area contributed by atoms with Gasteiger partial charge in [-0.2, -0.15) is 0 Å². The number of aromatic nitrogens is 2. The Kier molecular flexibility index (Phi) is 5.37. The lowest BCUT2D eigenvalue weighted by Gasteiger charge is -2.10. The summed E-state index contributed by atoms with van der Waals surface area (Å²) in [5.74, 6) is -0.306. The number of carbonyl (C=O) groups excluding carboxylic acids is 1. The van der Waals surface area contributed by atoms with Gasteiger partial charge in [0.25, 0.3) is 5.56 Å². The van der Waals surface area contributed by atoms with Gasteiger partial charge in [0.2, 0.25) is 5.91 Å². The van der Waals surface area contributed by atoms with Crippen LogP contribution in [0.3, 0.4) is 0 Å². The molecule has 2 aromatic heterocycles. The molecule has 1 amide bonds. The van der Waals surface area contributed by atoms with E-state index in [1.807, 2.05) is 24.3 Å². The Labute approximate surface area is 154 Å². The number of carbonyl (C=O) groups is 1. The van der Waals surface area contributed by atoms with Gasteiger partial charge in [0.1, 0.15) is 11.2 Å². The number of hydrogen-bond donors (Lipinski definition) is 1. The average Bonchev–Trinajstić information content (AvgIpc) is 3.12. The first-order valence-corrected chi connectivity index (χ1v) is 9.45. The summed E-state index contributed by atoms with van der Waals surface area (Å²) in [6.45, 7) is 2.01. The van der Waals surface area contributed by atoms with Gasteiger partial charge in [-0.05, 0) is 42.0 Å². The van der Waals surface area contributed by atoms with Gasteiger partial charge >= 0.3 is 5.69 Å². The molecule has 2 heterocycles. The van der Waals surface area contributed by atoms with Crippen molar-refractivity contribution < 1.29 is 4.79 Å². The fourth-order valence-electron chi connectivity index (χ4n) is 2.83. The predicted octanol–water partition coefficient (Wildman–Crippen LogP) is 2.74. The third kappa shape index (κ3) is 3.62. The molecule has 136 valence electrons. The molecule has 1 N–H and O–H groups in total. The maximum atomic E-state index is 12.4. The highest BCUT2D eigenvalue weighted by Crippen LogP contribution is 2.16. The molecule has 0 atom stereocenters. The monoisotopic (exact) mass is 371 g/mol. The molecule has 3 aromatic rings. The average molecular weight is 371 g/mol. The number of anilines is 1. The van der Waals surface area contributed by atoms with Crippen molar-refractivity contribution >= 4 is 33.1 Å². The van der Waals surface area contributed by atoms with Gasteiger partial charge < -0.3 is 5.32 Å². The Morgan fingerprint density at radius 2 is 1.88 bits per heavy atom. The van der Waals surface area contributed by atoms with E-state index in [9.17, 15) is 14.4 Å². The molecule has 0 unspecified atom stereocenters. The maximum Gasteiger partial charge on any atom is 0.331 e. The standard InChI is InChI=1S/C19H21N3O3S/c1-3-4-5-13-6-8-14(9-7-13)20-16(23)12-22-15-10-11-26-17(15)18(24)21(2)19(22)25/h6-11H,3-5,12H2,1-2H3,(H,20,23). The quantitative estimate of drug-likeness (QED) is 0.724. The van der Waals surface area contributed by atoms with Crippen molar-refractivity contribution in [1.29, 1.82) is 0 Å². The summed E-state index contributed by atoms with van der Waals surface area (Å²) in [5.41, 5.74) is 1.59. The van der Waals surface area contributed by atoms with Crippen molar-refractivity contribution in [2.45, 2.75) is 32.7 Å². The zero-order valence-corrected chi connectivity index (χ0v) is 15.6. The van der Waals surface area contributed by atoms with Crippen LogP contribution in [-0.4, -0.2) is 15.0 Å². The molecule has 0 fully saturated rings. The second-order valence-electron chi connectivity index (χ2n) is 6.22. The molecule has 6 nitrogen and oxygen atoms in total. The molecule has 0 aliphatic carbocycles. The summed E-state index contributed by atoms with van der Waals surface area (Å²) in [5, 5.41) is 4.55. The van der Waals surface area contributed by atoms with Crippen molar-refractivity contribution in [2.24, 2.45) is 7.05 Å². The number of rotatable bonds is 6. The van der Waals surface area contributed by atoms with Crippen molar-refractivity contribution in [3.63, 3.8) is 0 Å². The van der Waals surface area contributed by atoms with E-state index >= 15 is 0 Å². The van der Waals surface area contributed by atoms with E-state index in [2.05, 4.69) is 12.2 Å². The van der Waals surface area contributed by atoms with Gasteiger partial charge in [-0.25, -0.2) is 4.79 Å². The maximum absolute atomic E-state index is 12.4. The zero-order valence-electron chi connectivity index (χ0n) is 14.8. The fourth-order valence-corrected chi connectivity index (χ4v) is 3.70. The van der Waals surface area contributed by atoms with Gasteiger partial charge in [0.15, 0.2) is 0 Å². The molecular formula is C19H21N3O3S. The summed E-state index contributed by atoms with van der Waals surface area (Å²) in [6.07, 6.45) is 3.30. The molecule has 0 radical (unpaired) electrons. The molecule has 0 spiro atoms. The fraction of sp³-hybridized carbons (Fsp3) is 0.316. The Balaban J connectivity index is 1.79. The van der Waals surface area contributed by atoms with Crippen molar-refractivity contribution in [3.8, 4) is 0 Å². The first-order valence-electron chi connectivity index (χ1n) is 8.57. The molecule has 0 bridgehead atoms. The summed E-state index contributed by atoms with van der Waals surface area (Å²) in [6, 6.07) is 9.43. The minimum Gasteiger partial charge on any atom is -0.325 e. The molecule has 1 aromatic carbocycles. The highest BCUT2D eigenvalue weighted by atomic mass is 32.1. The van der Waals surface area contributed by atoms with Crippen LogP contribution in [0.5, 0.6) is 0 Å². The van der Waals surface area contributed by atoms with Crippen molar-refractivity contribution in [1.82, 2.24) is 9.13 Å². The minimum absolute atomic E-state index is 0.141. The summed E-state index contributed by atoms with van der Waals surface area (Å²) >= 11 is 1.27. The number of hydrogen-bond acceptors (Lipinski definition) is 4. The van der Waals surface area contributed by atoms with E-state index in [4.69, 9.17) is 0 Å². The van der Waals surface area contributed by atoms with Crippen LogP contribution in [0.15, 0.2) is 45.3 Å². The zero-order chi connectivity index (χ0) is 18.7. The lowest BCUT2D eigenvalue weighted by Crippen LogP contribution is -2.39. The molecule has 0 aliphatic heterocycles. The number of fused-ring (bicyclic) bond motifs is 1. The smallest absolute Gasteiger partial charge is 0.325 e. The number of nitrogens with one attached hydrogen (secondary N) is 1. The van der Waals surface area contributed by atoms with E-state index in [1.54, 1.807) is 11.4 Å². The van der Waals surface area contributed by atoms with Crippen LogP contribution in [0.1, 0.15) is 25.3 Å². The van der Waals surface area contributed by atoms with E-state index < -0.39 is 5.69 Å². The summed E-state index contributed by atoms with van der Waals surface area (Å²) < 4.78 is 2.84. The van der Waals surface area contributed by atoms with Crippen LogP contribution in [0.2, 0.25) is 0 Å². The SMILES string of the molecule is CCCCc1ccc(NC(=O)Cn2c(=O)n(C)c(=O)c3sccc32)cc1.